The minimum absolute atomic E-state index is 0.0443. The van der Waals surface area contributed by atoms with E-state index in [0.29, 0.717) is 37.4 Å². The Morgan fingerprint density at radius 3 is 2.57 bits per heavy atom. The van der Waals surface area contributed by atoms with Gasteiger partial charge in [0.2, 0.25) is 0 Å². The molecule has 0 atom stereocenters. The van der Waals surface area contributed by atoms with Gasteiger partial charge in [-0.25, -0.2) is 0 Å². The Morgan fingerprint density at radius 2 is 1.87 bits per heavy atom. The molecule has 0 saturated heterocycles. The molecule has 0 spiro atoms. The highest BCUT2D eigenvalue weighted by molar-refractivity contribution is 5.82. The topological polar surface area (TPSA) is 133 Å². The number of pyridine rings is 1. The van der Waals surface area contributed by atoms with Gasteiger partial charge in [-0.2, -0.15) is 0 Å². The van der Waals surface area contributed by atoms with Gasteiger partial charge in [0.25, 0.3) is 5.56 Å². The first kappa shape index (κ1) is 20.9. The summed E-state index contributed by atoms with van der Waals surface area (Å²) >= 11 is 0. The molecule has 0 aliphatic heterocycles. The number of hydrogen-bond donors (Lipinski definition) is 3. The van der Waals surface area contributed by atoms with Gasteiger partial charge < -0.3 is 25.9 Å². The number of fused-ring (bicyclic) bond motifs is 1. The first-order valence-electron chi connectivity index (χ1n) is 9.54. The predicted molar refractivity (Wildman–Crippen MR) is 116 cm³/mol. The second-order valence-electron chi connectivity index (χ2n) is 6.85. The van der Waals surface area contributed by atoms with Crippen molar-refractivity contribution in [2.24, 2.45) is 16.5 Å². The van der Waals surface area contributed by atoms with Crippen molar-refractivity contribution < 1.29 is 14.6 Å². The number of carbonyl (C=O) groups is 1. The van der Waals surface area contributed by atoms with Crippen molar-refractivity contribution in [3.8, 4) is 5.75 Å². The van der Waals surface area contributed by atoms with Crippen LogP contribution in [-0.2, 0) is 17.8 Å². The molecule has 0 aliphatic rings. The van der Waals surface area contributed by atoms with Crippen molar-refractivity contribution in [3.05, 3.63) is 76.1 Å². The number of carboxylic acids is 1. The highest BCUT2D eigenvalue weighted by Crippen LogP contribution is 2.22. The van der Waals surface area contributed by atoms with E-state index in [2.05, 4.69) is 4.99 Å². The first-order chi connectivity index (χ1) is 14.4. The molecule has 3 aromatic rings. The first-order valence-corrected chi connectivity index (χ1v) is 9.54. The summed E-state index contributed by atoms with van der Waals surface area (Å²) in [7, 11) is 0. The Kier molecular flexibility index (Phi) is 6.69. The molecule has 30 heavy (non-hydrogen) atoms. The van der Waals surface area contributed by atoms with Crippen molar-refractivity contribution in [2.75, 3.05) is 13.2 Å². The van der Waals surface area contributed by atoms with E-state index in [-0.39, 0.29) is 23.5 Å². The zero-order valence-electron chi connectivity index (χ0n) is 16.5. The van der Waals surface area contributed by atoms with Crippen molar-refractivity contribution in [2.45, 2.75) is 19.4 Å². The van der Waals surface area contributed by atoms with Crippen LogP contribution >= 0.6 is 0 Å². The third kappa shape index (κ3) is 5.38. The number of aromatic nitrogens is 1. The van der Waals surface area contributed by atoms with Crippen LogP contribution in [0.25, 0.3) is 10.9 Å². The summed E-state index contributed by atoms with van der Waals surface area (Å²) in [6.45, 7) is 1.22. The number of aliphatic imine (C=N–C) groups is 1. The Balaban J connectivity index is 1.95. The maximum absolute atomic E-state index is 13.0. The van der Waals surface area contributed by atoms with E-state index in [1.807, 2.05) is 36.4 Å². The SMILES string of the molecule is NC(N)=NCCCOc1ccc2cc(CC(=O)O)c(=O)n(Cc3ccccc3)c2c1. The lowest BCUT2D eigenvalue weighted by molar-refractivity contribution is -0.136. The average molecular weight is 408 g/mol. The summed E-state index contributed by atoms with van der Waals surface area (Å²) in [6.07, 6.45) is 0.316. The fraction of sp³-hybridized carbons (Fsp3) is 0.227. The van der Waals surface area contributed by atoms with Crippen LogP contribution in [0, 0.1) is 0 Å². The molecule has 1 aromatic heterocycles. The highest BCUT2D eigenvalue weighted by Gasteiger charge is 2.13. The lowest BCUT2D eigenvalue weighted by Gasteiger charge is -2.14. The van der Waals surface area contributed by atoms with Gasteiger partial charge in [-0.15, -0.1) is 0 Å². The maximum atomic E-state index is 13.0. The molecular weight excluding hydrogens is 384 g/mol. The fourth-order valence-electron chi connectivity index (χ4n) is 3.18. The molecule has 8 heteroatoms. The van der Waals surface area contributed by atoms with Gasteiger partial charge in [0.05, 0.1) is 25.1 Å². The normalized spacial score (nSPS) is 10.7. The third-order valence-corrected chi connectivity index (χ3v) is 4.53. The lowest BCUT2D eigenvalue weighted by Crippen LogP contribution is -2.26. The van der Waals surface area contributed by atoms with Crippen molar-refractivity contribution >= 4 is 22.8 Å². The van der Waals surface area contributed by atoms with Crippen LogP contribution < -0.4 is 21.8 Å². The van der Waals surface area contributed by atoms with Crippen LogP contribution in [0.4, 0.5) is 0 Å². The summed E-state index contributed by atoms with van der Waals surface area (Å²) in [4.78, 5) is 28.1. The van der Waals surface area contributed by atoms with Crippen LogP contribution in [0.2, 0.25) is 0 Å². The molecule has 5 N–H and O–H groups in total. The van der Waals surface area contributed by atoms with Crippen LogP contribution in [0.5, 0.6) is 5.75 Å². The number of nitrogens with zero attached hydrogens (tertiary/aromatic N) is 2. The zero-order valence-corrected chi connectivity index (χ0v) is 16.5. The minimum Gasteiger partial charge on any atom is -0.493 e. The van der Waals surface area contributed by atoms with Gasteiger partial charge in [0.15, 0.2) is 5.96 Å². The van der Waals surface area contributed by atoms with E-state index < -0.39 is 5.97 Å². The highest BCUT2D eigenvalue weighted by atomic mass is 16.5. The molecule has 0 fully saturated rings. The Hall–Kier alpha value is -3.81. The van der Waals surface area contributed by atoms with Gasteiger partial charge in [-0.1, -0.05) is 30.3 Å². The Bertz CT molecular complexity index is 1120. The molecule has 0 saturated carbocycles. The van der Waals surface area contributed by atoms with Crippen LogP contribution in [-0.4, -0.2) is 34.8 Å². The van der Waals surface area contributed by atoms with E-state index in [0.717, 1.165) is 10.9 Å². The third-order valence-electron chi connectivity index (χ3n) is 4.53. The average Bonchev–Trinajstić information content (AvgIpc) is 2.71. The second-order valence-corrected chi connectivity index (χ2v) is 6.85. The molecule has 0 aliphatic carbocycles. The molecule has 156 valence electrons. The molecule has 1 heterocycles. The minimum atomic E-state index is -1.04. The number of hydrogen-bond acceptors (Lipinski definition) is 4. The molecule has 0 unspecified atom stereocenters. The summed E-state index contributed by atoms with van der Waals surface area (Å²) < 4.78 is 7.37. The van der Waals surface area contributed by atoms with Gasteiger partial charge in [0, 0.05) is 24.6 Å². The van der Waals surface area contributed by atoms with Crippen molar-refractivity contribution in [1.82, 2.24) is 4.57 Å². The number of aliphatic carboxylic acids is 1. The van der Waals surface area contributed by atoms with E-state index >= 15 is 0 Å². The number of ether oxygens (including phenoxy) is 1. The molecule has 0 bridgehead atoms. The second kappa shape index (κ2) is 9.60. The Labute approximate surface area is 173 Å². The standard InChI is InChI=1S/C22H24N4O4/c23-22(24)25-9-4-10-30-18-8-7-16-11-17(12-20(27)28)21(29)26(19(16)13-18)14-15-5-2-1-3-6-15/h1-3,5-8,11,13H,4,9-10,12,14H2,(H,27,28)(H4,23,24,25). The molecular formula is C22H24N4O4. The monoisotopic (exact) mass is 408 g/mol. The van der Waals surface area contributed by atoms with Gasteiger partial charge in [-0.3, -0.25) is 14.6 Å². The quantitative estimate of drug-likeness (QED) is 0.280. The molecule has 8 nitrogen and oxygen atoms in total. The molecule has 0 radical (unpaired) electrons. The predicted octanol–water partition coefficient (Wildman–Crippen LogP) is 1.72. The van der Waals surface area contributed by atoms with Crippen LogP contribution in [0.15, 0.2) is 64.4 Å². The summed E-state index contributed by atoms with van der Waals surface area (Å²) in [5, 5.41) is 9.94. The van der Waals surface area contributed by atoms with E-state index in [1.165, 1.54) is 0 Å². The number of benzene rings is 2. The number of guanidine groups is 1. The van der Waals surface area contributed by atoms with Crippen molar-refractivity contribution in [1.29, 1.82) is 0 Å². The summed E-state index contributed by atoms with van der Waals surface area (Å²) in [6, 6.07) is 16.6. The zero-order chi connectivity index (χ0) is 21.5. The number of rotatable bonds is 9. The maximum Gasteiger partial charge on any atom is 0.308 e. The smallest absolute Gasteiger partial charge is 0.308 e. The molecule has 2 aromatic carbocycles. The molecule has 0 amide bonds. The lowest BCUT2D eigenvalue weighted by atomic mass is 10.1. The molecule has 3 rings (SSSR count). The number of nitrogens with two attached hydrogens (primary N) is 2. The Morgan fingerprint density at radius 1 is 1.10 bits per heavy atom. The number of carboxylic acid groups (broad SMARTS) is 1. The van der Waals surface area contributed by atoms with E-state index in [4.69, 9.17) is 16.2 Å². The fourth-order valence-corrected chi connectivity index (χ4v) is 3.18. The van der Waals surface area contributed by atoms with E-state index in [9.17, 15) is 14.7 Å². The summed E-state index contributed by atoms with van der Waals surface area (Å²) in [5.74, 6) is -0.388. The summed E-state index contributed by atoms with van der Waals surface area (Å²) in [5.41, 5.74) is 12.2. The van der Waals surface area contributed by atoms with Gasteiger partial charge in [0.1, 0.15) is 5.75 Å². The van der Waals surface area contributed by atoms with Crippen LogP contribution in [0.3, 0.4) is 0 Å². The largest absolute Gasteiger partial charge is 0.493 e. The van der Waals surface area contributed by atoms with Gasteiger partial charge >= 0.3 is 5.97 Å². The van der Waals surface area contributed by atoms with Crippen molar-refractivity contribution in [3.63, 3.8) is 0 Å². The van der Waals surface area contributed by atoms with E-state index in [1.54, 1.807) is 22.8 Å². The van der Waals surface area contributed by atoms with Gasteiger partial charge in [-0.05, 0) is 29.1 Å². The van der Waals surface area contributed by atoms with Crippen LogP contribution in [0.1, 0.15) is 17.5 Å².